The Morgan fingerprint density at radius 3 is 2.93 bits per heavy atom. The fourth-order valence-electron chi connectivity index (χ4n) is 1.09. The summed E-state index contributed by atoms with van der Waals surface area (Å²) in [5.41, 5.74) is 5.81. The van der Waals surface area contributed by atoms with Crippen molar-refractivity contribution in [1.82, 2.24) is 15.1 Å². The van der Waals surface area contributed by atoms with E-state index >= 15 is 0 Å². The van der Waals surface area contributed by atoms with Crippen LogP contribution in [0.5, 0.6) is 0 Å². The Balaban J connectivity index is 2.25. The summed E-state index contributed by atoms with van der Waals surface area (Å²) < 4.78 is 17.5. The van der Waals surface area contributed by atoms with Crippen molar-refractivity contribution in [2.24, 2.45) is 5.73 Å². The second-order valence-corrected chi connectivity index (χ2v) is 2.91. The predicted molar refractivity (Wildman–Crippen MR) is 50.2 cm³/mol. The standard InChI is InChI=1S/C9H9FN4O/c10-6-1-2-7(12-5-6)9-13-8(3-4-11)15-14-9/h1-2,5H,3-4,11H2. The van der Waals surface area contributed by atoms with Crippen LogP contribution in [0.4, 0.5) is 4.39 Å². The minimum atomic E-state index is -0.399. The maximum Gasteiger partial charge on any atom is 0.228 e. The summed E-state index contributed by atoms with van der Waals surface area (Å²) in [6.45, 7) is 0.443. The van der Waals surface area contributed by atoms with Gasteiger partial charge in [-0.05, 0) is 12.1 Å². The average molecular weight is 208 g/mol. The number of nitrogens with zero attached hydrogens (tertiary/aromatic N) is 3. The third-order valence-corrected chi connectivity index (χ3v) is 1.78. The van der Waals surface area contributed by atoms with Gasteiger partial charge in [-0.2, -0.15) is 4.98 Å². The Kier molecular flexibility index (Phi) is 2.68. The first kappa shape index (κ1) is 9.72. The van der Waals surface area contributed by atoms with Crippen LogP contribution in [0.25, 0.3) is 11.5 Å². The molecule has 0 bridgehead atoms. The van der Waals surface area contributed by atoms with E-state index in [2.05, 4.69) is 15.1 Å². The molecule has 15 heavy (non-hydrogen) atoms. The van der Waals surface area contributed by atoms with Gasteiger partial charge in [0.05, 0.1) is 6.20 Å². The lowest BCUT2D eigenvalue weighted by atomic mass is 10.3. The molecule has 0 aliphatic heterocycles. The first-order valence-corrected chi connectivity index (χ1v) is 4.44. The molecule has 78 valence electrons. The van der Waals surface area contributed by atoms with Gasteiger partial charge in [0.2, 0.25) is 11.7 Å². The molecule has 0 aliphatic carbocycles. The van der Waals surface area contributed by atoms with E-state index in [1.807, 2.05) is 0 Å². The number of hydrogen-bond acceptors (Lipinski definition) is 5. The van der Waals surface area contributed by atoms with Gasteiger partial charge >= 0.3 is 0 Å². The highest BCUT2D eigenvalue weighted by Gasteiger charge is 2.08. The van der Waals surface area contributed by atoms with E-state index in [-0.39, 0.29) is 0 Å². The van der Waals surface area contributed by atoms with Gasteiger partial charge in [0.1, 0.15) is 11.5 Å². The molecule has 2 aromatic heterocycles. The van der Waals surface area contributed by atoms with Crippen molar-refractivity contribution in [1.29, 1.82) is 0 Å². The van der Waals surface area contributed by atoms with Crippen molar-refractivity contribution in [3.05, 3.63) is 30.0 Å². The second-order valence-electron chi connectivity index (χ2n) is 2.91. The molecule has 2 aromatic rings. The molecule has 0 amide bonds. The van der Waals surface area contributed by atoms with Gasteiger partial charge < -0.3 is 10.3 Å². The zero-order valence-corrected chi connectivity index (χ0v) is 7.85. The molecule has 5 nitrogen and oxygen atoms in total. The number of nitrogens with two attached hydrogens (primary N) is 1. The van der Waals surface area contributed by atoms with Crippen molar-refractivity contribution in [3.8, 4) is 11.5 Å². The summed E-state index contributed by atoms with van der Waals surface area (Å²) in [4.78, 5) is 7.89. The number of pyridine rings is 1. The Labute approximate surface area is 85.1 Å². The first-order valence-electron chi connectivity index (χ1n) is 4.44. The molecule has 0 aromatic carbocycles. The minimum Gasteiger partial charge on any atom is -0.339 e. The molecule has 2 N–H and O–H groups in total. The van der Waals surface area contributed by atoms with Gasteiger partial charge in [-0.1, -0.05) is 5.16 Å². The Morgan fingerprint density at radius 1 is 1.40 bits per heavy atom. The fraction of sp³-hybridized carbons (Fsp3) is 0.222. The van der Waals surface area contributed by atoms with E-state index in [9.17, 15) is 4.39 Å². The van der Waals surface area contributed by atoms with E-state index in [0.717, 1.165) is 6.20 Å². The normalized spacial score (nSPS) is 10.5. The molecule has 0 unspecified atom stereocenters. The molecule has 0 saturated heterocycles. The lowest BCUT2D eigenvalue weighted by molar-refractivity contribution is 0.380. The van der Waals surface area contributed by atoms with Crippen molar-refractivity contribution in [3.63, 3.8) is 0 Å². The van der Waals surface area contributed by atoms with Gasteiger partial charge in [-0.15, -0.1) is 0 Å². The van der Waals surface area contributed by atoms with E-state index in [0.29, 0.717) is 30.4 Å². The quantitative estimate of drug-likeness (QED) is 0.806. The van der Waals surface area contributed by atoms with E-state index < -0.39 is 5.82 Å². The van der Waals surface area contributed by atoms with Crippen molar-refractivity contribution >= 4 is 0 Å². The Bertz CT molecular complexity index is 440. The number of hydrogen-bond donors (Lipinski definition) is 1. The van der Waals surface area contributed by atoms with Crippen LogP contribution in [-0.2, 0) is 6.42 Å². The summed E-state index contributed by atoms with van der Waals surface area (Å²) in [6.07, 6.45) is 1.63. The second kappa shape index (κ2) is 4.14. The monoisotopic (exact) mass is 208 g/mol. The molecule has 6 heteroatoms. The van der Waals surface area contributed by atoms with E-state index in [1.165, 1.54) is 12.1 Å². The number of halogens is 1. The maximum atomic E-state index is 12.6. The van der Waals surface area contributed by atoms with Crippen molar-refractivity contribution in [2.45, 2.75) is 6.42 Å². The average Bonchev–Trinajstić information content (AvgIpc) is 2.68. The summed E-state index contributed by atoms with van der Waals surface area (Å²) in [6, 6.07) is 2.79. The summed E-state index contributed by atoms with van der Waals surface area (Å²) in [7, 11) is 0. The molecule has 2 heterocycles. The van der Waals surface area contributed by atoms with Crippen LogP contribution in [0.15, 0.2) is 22.9 Å². The van der Waals surface area contributed by atoms with E-state index in [4.69, 9.17) is 10.3 Å². The molecule has 2 rings (SSSR count). The molecule has 0 radical (unpaired) electrons. The summed E-state index contributed by atoms with van der Waals surface area (Å²) in [5, 5.41) is 3.71. The lowest BCUT2D eigenvalue weighted by Crippen LogP contribution is -2.02. The third-order valence-electron chi connectivity index (χ3n) is 1.78. The zero-order valence-electron chi connectivity index (χ0n) is 7.85. The van der Waals surface area contributed by atoms with Crippen molar-refractivity contribution < 1.29 is 8.91 Å². The van der Waals surface area contributed by atoms with Gasteiger partial charge in [0, 0.05) is 13.0 Å². The lowest BCUT2D eigenvalue weighted by Gasteiger charge is -1.91. The molecule has 0 saturated carbocycles. The third kappa shape index (κ3) is 2.16. The SMILES string of the molecule is NCCc1nc(-c2ccc(F)cn2)no1. The maximum absolute atomic E-state index is 12.6. The molecule has 0 aliphatic rings. The number of rotatable bonds is 3. The van der Waals surface area contributed by atoms with Crippen LogP contribution in [-0.4, -0.2) is 21.7 Å². The molecular weight excluding hydrogens is 199 g/mol. The van der Waals surface area contributed by atoms with Gasteiger partial charge in [-0.25, -0.2) is 9.37 Å². The first-order chi connectivity index (χ1) is 7.29. The van der Waals surface area contributed by atoms with Gasteiger partial charge in [0.25, 0.3) is 0 Å². The van der Waals surface area contributed by atoms with Gasteiger partial charge in [0.15, 0.2) is 0 Å². The van der Waals surface area contributed by atoms with Gasteiger partial charge in [-0.3, -0.25) is 0 Å². The Morgan fingerprint density at radius 2 is 2.27 bits per heavy atom. The highest BCUT2D eigenvalue weighted by atomic mass is 19.1. The smallest absolute Gasteiger partial charge is 0.228 e. The van der Waals surface area contributed by atoms with E-state index in [1.54, 1.807) is 0 Å². The predicted octanol–water partition coefficient (Wildman–Crippen LogP) is 0.772. The van der Waals surface area contributed by atoms with Crippen LogP contribution in [0.3, 0.4) is 0 Å². The largest absolute Gasteiger partial charge is 0.339 e. The molecule has 0 atom stereocenters. The van der Waals surface area contributed by atoms with Crippen LogP contribution < -0.4 is 5.73 Å². The van der Waals surface area contributed by atoms with Crippen LogP contribution in [0.2, 0.25) is 0 Å². The van der Waals surface area contributed by atoms with Crippen LogP contribution >= 0.6 is 0 Å². The Hall–Kier alpha value is -1.82. The number of aromatic nitrogens is 3. The van der Waals surface area contributed by atoms with Crippen LogP contribution in [0, 0.1) is 5.82 Å². The molecular formula is C9H9FN4O. The van der Waals surface area contributed by atoms with Crippen LogP contribution in [0.1, 0.15) is 5.89 Å². The molecule has 0 fully saturated rings. The fourth-order valence-corrected chi connectivity index (χ4v) is 1.09. The zero-order chi connectivity index (χ0) is 10.7. The summed E-state index contributed by atoms with van der Waals surface area (Å²) in [5.74, 6) is 0.404. The highest BCUT2D eigenvalue weighted by Crippen LogP contribution is 2.12. The minimum absolute atomic E-state index is 0.346. The highest BCUT2D eigenvalue weighted by molar-refractivity contribution is 5.47. The summed E-state index contributed by atoms with van der Waals surface area (Å²) >= 11 is 0. The molecule has 0 spiro atoms. The topological polar surface area (TPSA) is 77.8 Å². The van der Waals surface area contributed by atoms with Crippen molar-refractivity contribution in [2.75, 3.05) is 6.54 Å².